The molecular weight excluding hydrogens is 322 g/mol. The van der Waals surface area contributed by atoms with Crippen molar-refractivity contribution in [2.45, 2.75) is 0 Å². The lowest BCUT2D eigenvalue weighted by Crippen LogP contribution is -2.37. The summed E-state index contributed by atoms with van der Waals surface area (Å²) in [6.07, 6.45) is 2.80. The molecule has 2 aromatic rings. The molecule has 0 aliphatic carbocycles. The van der Waals surface area contributed by atoms with E-state index in [1.165, 1.54) is 50.8 Å². The third kappa shape index (κ3) is 3.86. The molecule has 0 aliphatic heterocycles. The Balaban J connectivity index is 2.17. The van der Waals surface area contributed by atoms with Gasteiger partial charge >= 0.3 is 0 Å². The van der Waals surface area contributed by atoms with Crippen LogP contribution in [0.4, 0.5) is 0 Å². The average molecular weight is 337 g/mol. The fraction of sp³-hybridized carbons (Fsp3) is 0.231. The van der Waals surface area contributed by atoms with Crippen molar-refractivity contribution in [3.63, 3.8) is 0 Å². The molecule has 9 nitrogen and oxygen atoms in total. The summed E-state index contributed by atoms with van der Waals surface area (Å²) < 4.78 is 17.0. The summed E-state index contributed by atoms with van der Waals surface area (Å²) >= 11 is 5.04. The van der Waals surface area contributed by atoms with E-state index in [9.17, 15) is 4.79 Å². The Labute approximate surface area is 137 Å². The molecular formula is C13H15N5O4S. The Morgan fingerprint density at radius 1 is 1.09 bits per heavy atom. The highest BCUT2D eigenvalue weighted by Crippen LogP contribution is 2.38. The van der Waals surface area contributed by atoms with Gasteiger partial charge in [-0.25, -0.2) is 4.68 Å². The van der Waals surface area contributed by atoms with Crippen molar-refractivity contribution in [2.75, 3.05) is 26.8 Å². The molecule has 0 aliphatic rings. The van der Waals surface area contributed by atoms with Crippen LogP contribution in [0.25, 0.3) is 0 Å². The molecule has 1 amide bonds. The first-order chi connectivity index (χ1) is 11.1. The maximum Gasteiger partial charge on any atom is 0.257 e. The molecule has 23 heavy (non-hydrogen) atoms. The van der Waals surface area contributed by atoms with Crippen LogP contribution in [0.3, 0.4) is 0 Å². The van der Waals surface area contributed by atoms with Gasteiger partial charge in [0.2, 0.25) is 5.75 Å². The highest BCUT2D eigenvalue weighted by Gasteiger charge is 2.17. The van der Waals surface area contributed by atoms with Crippen LogP contribution in [0.15, 0.2) is 24.8 Å². The van der Waals surface area contributed by atoms with E-state index in [-0.39, 0.29) is 5.11 Å². The number of amides is 1. The molecule has 1 aromatic heterocycles. The first-order valence-corrected chi connectivity index (χ1v) is 6.76. The Hall–Kier alpha value is -2.88. The topological polar surface area (TPSA) is 99.5 Å². The molecule has 0 atom stereocenters. The largest absolute Gasteiger partial charge is 0.493 e. The molecule has 122 valence electrons. The normalized spacial score (nSPS) is 9.87. The van der Waals surface area contributed by atoms with E-state index in [2.05, 4.69) is 20.9 Å². The van der Waals surface area contributed by atoms with E-state index in [4.69, 9.17) is 26.4 Å². The summed E-state index contributed by atoms with van der Waals surface area (Å²) in [7, 11) is 4.42. The van der Waals surface area contributed by atoms with Gasteiger partial charge in [-0.05, 0) is 24.4 Å². The molecule has 10 heteroatoms. The van der Waals surface area contributed by atoms with Crippen LogP contribution in [0.5, 0.6) is 17.2 Å². The van der Waals surface area contributed by atoms with Crippen molar-refractivity contribution in [3.8, 4) is 17.2 Å². The smallest absolute Gasteiger partial charge is 0.257 e. The summed E-state index contributed by atoms with van der Waals surface area (Å²) in [6, 6.07) is 3.05. The Kier molecular flexibility index (Phi) is 5.31. The van der Waals surface area contributed by atoms with E-state index >= 15 is 0 Å². The molecule has 1 aromatic carbocycles. The van der Waals surface area contributed by atoms with Crippen molar-refractivity contribution >= 4 is 23.2 Å². The van der Waals surface area contributed by atoms with Crippen LogP contribution in [0.2, 0.25) is 0 Å². The molecule has 0 unspecified atom stereocenters. The molecule has 2 N–H and O–H groups in total. The van der Waals surface area contributed by atoms with Gasteiger partial charge < -0.3 is 14.2 Å². The van der Waals surface area contributed by atoms with Crippen LogP contribution in [0, 0.1) is 0 Å². The number of benzene rings is 1. The SMILES string of the molecule is COc1cc(C(=O)NC(=S)Nn2cnnc2)cc(OC)c1OC. The number of hydrogen-bond donors (Lipinski definition) is 2. The van der Waals surface area contributed by atoms with Gasteiger partial charge in [-0.15, -0.1) is 10.2 Å². The van der Waals surface area contributed by atoms with Gasteiger partial charge in [0, 0.05) is 5.56 Å². The predicted molar refractivity (Wildman–Crippen MR) is 85.5 cm³/mol. The zero-order chi connectivity index (χ0) is 16.8. The van der Waals surface area contributed by atoms with Crippen molar-refractivity contribution in [2.24, 2.45) is 0 Å². The quantitative estimate of drug-likeness (QED) is 0.764. The molecule has 1 heterocycles. The number of thiocarbonyl (C=S) groups is 1. The Bertz CT molecular complexity index is 679. The van der Waals surface area contributed by atoms with Crippen LogP contribution in [-0.4, -0.2) is 47.2 Å². The number of carbonyl (C=O) groups is 1. The molecule has 0 saturated heterocycles. The predicted octanol–water partition coefficient (Wildman–Crippen LogP) is 0.562. The maximum atomic E-state index is 12.3. The van der Waals surface area contributed by atoms with E-state index < -0.39 is 5.91 Å². The fourth-order valence-corrected chi connectivity index (χ4v) is 1.99. The summed E-state index contributed by atoms with van der Waals surface area (Å²) in [6.45, 7) is 0. The van der Waals surface area contributed by atoms with Crippen LogP contribution in [0.1, 0.15) is 10.4 Å². The number of ether oxygens (including phenoxy) is 3. The Morgan fingerprint density at radius 2 is 1.65 bits per heavy atom. The number of methoxy groups -OCH3 is 3. The lowest BCUT2D eigenvalue weighted by Gasteiger charge is -2.14. The van der Waals surface area contributed by atoms with Gasteiger partial charge in [-0.3, -0.25) is 15.5 Å². The molecule has 2 rings (SSSR count). The first-order valence-electron chi connectivity index (χ1n) is 6.36. The zero-order valence-corrected chi connectivity index (χ0v) is 13.5. The van der Waals surface area contributed by atoms with Crippen LogP contribution in [-0.2, 0) is 0 Å². The average Bonchev–Trinajstić information content (AvgIpc) is 3.05. The van der Waals surface area contributed by atoms with Gasteiger partial charge in [-0.1, -0.05) is 0 Å². The van der Waals surface area contributed by atoms with Crippen LogP contribution >= 0.6 is 12.2 Å². The number of nitrogens with zero attached hydrogens (tertiary/aromatic N) is 3. The minimum absolute atomic E-state index is 0.0866. The number of nitrogens with one attached hydrogen (secondary N) is 2. The standard InChI is InChI=1S/C13H15N5O4S/c1-20-9-4-8(5-10(21-2)11(9)22-3)12(19)16-13(23)17-18-6-14-15-7-18/h4-7H,1-3H3,(H2,16,17,19,23). The lowest BCUT2D eigenvalue weighted by molar-refractivity contribution is 0.0976. The zero-order valence-electron chi connectivity index (χ0n) is 12.7. The summed E-state index contributed by atoms with van der Waals surface area (Å²) in [4.78, 5) is 12.3. The third-order valence-corrected chi connectivity index (χ3v) is 3.00. The summed E-state index contributed by atoms with van der Waals surface area (Å²) in [5.41, 5.74) is 3.00. The first kappa shape index (κ1) is 16.5. The van der Waals surface area contributed by atoms with Crippen molar-refractivity contribution in [1.82, 2.24) is 20.2 Å². The van der Waals surface area contributed by atoms with E-state index in [0.29, 0.717) is 22.8 Å². The van der Waals surface area contributed by atoms with Gasteiger partial charge in [0.1, 0.15) is 12.7 Å². The van der Waals surface area contributed by atoms with Gasteiger partial charge in [0.15, 0.2) is 16.6 Å². The molecule has 0 radical (unpaired) electrons. The van der Waals surface area contributed by atoms with Crippen molar-refractivity contribution < 1.29 is 19.0 Å². The minimum Gasteiger partial charge on any atom is -0.493 e. The minimum atomic E-state index is -0.435. The van der Waals surface area contributed by atoms with Gasteiger partial charge in [-0.2, -0.15) is 0 Å². The second-order valence-electron chi connectivity index (χ2n) is 4.18. The van der Waals surface area contributed by atoms with Gasteiger partial charge in [0.05, 0.1) is 21.3 Å². The number of aromatic nitrogens is 3. The van der Waals surface area contributed by atoms with E-state index in [0.717, 1.165) is 0 Å². The molecule has 0 bridgehead atoms. The Morgan fingerprint density at radius 3 is 2.13 bits per heavy atom. The second kappa shape index (κ2) is 7.40. The van der Waals surface area contributed by atoms with Crippen molar-refractivity contribution in [3.05, 3.63) is 30.4 Å². The molecule has 0 saturated carbocycles. The second-order valence-corrected chi connectivity index (χ2v) is 4.59. The number of hydrogen-bond acceptors (Lipinski definition) is 7. The fourth-order valence-electron chi connectivity index (χ4n) is 1.79. The highest BCUT2D eigenvalue weighted by molar-refractivity contribution is 7.80. The number of carbonyl (C=O) groups excluding carboxylic acids is 1. The van der Waals surface area contributed by atoms with Crippen LogP contribution < -0.4 is 25.0 Å². The third-order valence-electron chi connectivity index (χ3n) is 2.80. The maximum absolute atomic E-state index is 12.3. The van der Waals surface area contributed by atoms with Crippen molar-refractivity contribution in [1.29, 1.82) is 0 Å². The summed E-state index contributed by atoms with van der Waals surface area (Å²) in [5, 5.41) is 9.83. The number of rotatable bonds is 5. The van der Waals surface area contributed by atoms with Gasteiger partial charge in [0.25, 0.3) is 5.91 Å². The highest BCUT2D eigenvalue weighted by atomic mass is 32.1. The lowest BCUT2D eigenvalue weighted by atomic mass is 10.1. The molecule has 0 spiro atoms. The summed E-state index contributed by atoms with van der Waals surface area (Å²) in [5.74, 6) is 0.705. The monoisotopic (exact) mass is 337 g/mol. The van der Waals surface area contributed by atoms with E-state index in [1.54, 1.807) is 0 Å². The molecule has 0 fully saturated rings. The van der Waals surface area contributed by atoms with E-state index in [1.807, 2.05) is 0 Å².